The van der Waals surface area contributed by atoms with E-state index in [1.807, 2.05) is 12.3 Å². The van der Waals surface area contributed by atoms with Gasteiger partial charge in [0.15, 0.2) is 0 Å². The predicted octanol–water partition coefficient (Wildman–Crippen LogP) is 1.62. The van der Waals surface area contributed by atoms with Gasteiger partial charge < -0.3 is 0 Å². The first-order valence-corrected chi connectivity index (χ1v) is 4.27. The third-order valence-corrected chi connectivity index (χ3v) is 2.89. The van der Waals surface area contributed by atoms with E-state index in [0.717, 1.165) is 6.42 Å². The first-order valence-electron chi connectivity index (χ1n) is 3.39. The average molecular weight is 162 g/mol. The highest BCUT2D eigenvalue weighted by Gasteiger charge is 2.20. The number of rotatable bonds is 0. The molecule has 0 aliphatic carbocycles. The van der Waals surface area contributed by atoms with E-state index in [0.29, 0.717) is 0 Å². The zero-order valence-electron chi connectivity index (χ0n) is 5.82. The molecule has 0 N–H and O–H groups in total. The summed E-state index contributed by atoms with van der Waals surface area (Å²) >= 11 is 1.64. The Balaban J connectivity index is 2.35. The topological polar surface area (TPSA) is 36.7 Å². The fourth-order valence-electron chi connectivity index (χ4n) is 1.15. The van der Waals surface area contributed by atoms with Crippen LogP contribution in [0.2, 0.25) is 0 Å². The van der Waals surface area contributed by atoms with Crippen molar-refractivity contribution >= 4 is 11.8 Å². The van der Waals surface area contributed by atoms with E-state index in [4.69, 9.17) is 5.26 Å². The lowest BCUT2D eigenvalue weighted by Crippen LogP contribution is -1.94. The number of fused-ring (bicyclic) bond motifs is 1. The van der Waals surface area contributed by atoms with Crippen LogP contribution in [-0.2, 0) is 6.42 Å². The Morgan fingerprint density at radius 2 is 2.64 bits per heavy atom. The second-order valence-electron chi connectivity index (χ2n) is 2.42. The molecule has 0 saturated carbocycles. The maximum absolute atomic E-state index is 8.65. The Bertz CT molecular complexity index is 291. The summed E-state index contributed by atoms with van der Waals surface area (Å²) in [4.78, 5) is 5.22. The van der Waals surface area contributed by atoms with Gasteiger partial charge in [0.05, 0.1) is 6.07 Å². The summed E-state index contributed by atoms with van der Waals surface area (Å²) in [6.07, 6.45) is 4.47. The van der Waals surface area contributed by atoms with Crippen LogP contribution in [0.4, 0.5) is 0 Å². The number of nitriles is 1. The van der Waals surface area contributed by atoms with Crippen molar-refractivity contribution in [1.29, 1.82) is 5.26 Å². The Morgan fingerprint density at radius 1 is 1.73 bits per heavy atom. The molecule has 2 nitrogen and oxygen atoms in total. The van der Waals surface area contributed by atoms with Crippen LogP contribution in [-0.4, -0.2) is 10.2 Å². The number of hydrogen-bond donors (Lipinski definition) is 0. The van der Waals surface area contributed by atoms with Crippen LogP contribution in [0.1, 0.15) is 5.56 Å². The summed E-state index contributed by atoms with van der Waals surface area (Å²) in [7, 11) is 0. The van der Waals surface area contributed by atoms with Crippen molar-refractivity contribution in [1.82, 2.24) is 4.98 Å². The van der Waals surface area contributed by atoms with Gasteiger partial charge in [-0.2, -0.15) is 5.26 Å². The number of thioether (sulfide) groups is 1. The standard InChI is InChI=1S/C8H6N2S/c9-4-7-3-6-5-10-2-1-8(6)11-7/h1-2,5,7H,3H2. The van der Waals surface area contributed by atoms with Crippen molar-refractivity contribution < 1.29 is 0 Å². The molecule has 3 heteroatoms. The first kappa shape index (κ1) is 6.68. The van der Waals surface area contributed by atoms with Crippen molar-refractivity contribution in [2.24, 2.45) is 0 Å². The molecule has 0 radical (unpaired) electrons. The van der Waals surface area contributed by atoms with Crippen LogP contribution in [0, 0.1) is 11.3 Å². The minimum atomic E-state index is 0.106. The Morgan fingerprint density at radius 3 is 3.36 bits per heavy atom. The summed E-state index contributed by atoms with van der Waals surface area (Å²) < 4.78 is 0. The van der Waals surface area contributed by atoms with Gasteiger partial charge in [0.2, 0.25) is 0 Å². The number of aromatic nitrogens is 1. The molecule has 0 aromatic carbocycles. The molecule has 0 saturated heterocycles. The van der Waals surface area contributed by atoms with Crippen LogP contribution in [0.15, 0.2) is 23.4 Å². The fraction of sp³-hybridized carbons (Fsp3) is 0.250. The first-order chi connectivity index (χ1) is 5.40. The van der Waals surface area contributed by atoms with Crippen LogP contribution in [0.3, 0.4) is 0 Å². The minimum absolute atomic E-state index is 0.106. The number of pyridine rings is 1. The van der Waals surface area contributed by atoms with Crippen molar-refractivity contribution in [2.75, 3.05) is 0 Å². The normalized spacial score (nSPS) is 20.8. The molecule has 0 spiro atoms. The molecule has 54 valence electrons. The number of nitrogens with zero attached hydrogens (tertiary/aromatic N) is 2. The summed E-state index contributed by atoms with van der Waals surface area (Å²) in [6, 6.07) is 4.22. The third-order valence-electron chi connectivity index (χ3n) is 1.68. The van der Waals surface area contributed by atoms with Gasteiger partial charge in [-0.1, -0.05) is 0 Å². The van der Waals surface area contributed by atoms with Crippen molar-refractivity contribution in [3.63, 3.8) is 0 Å². The van der Waals surface area contributed by atoms with E-state index in [1.54, 1.807) is 18.0 Å². The Labute approximate surface area is 69.3 Å². The van der Waals surface area contributed by atoms with E-state index in [2.05, 4.69) is 11.1 Å². The van der Waals surface area contributed by atoms with Crippen molar-refractivity contribution in [3.8, 4) is 6.07 Å². The Hall–Kier alpha value is -1.01. The van der Waals surface area contributed by atoms with E-state index < -0.39 is 0 Å². The van der Waals surface area contributed by atoms with Crippen molar-refractivity contribution in [2.45, 2.75) is 16.6 Å². The molecule has 0 amide bonds. The molecule has 0 fully saturated rings. The van der Waals surface area contributed by atoms with Gasteiger partial charge in [-0.3, -0.25) is 4.98 Å². The molecular formula is C8H6N2S. The van der Waals surface area contributed by atoms with Crippen LogP contribution < -0.4 is 0 Å². The van der Waals surface area contributed by atoms with Gasteiger partial charge in [0.1, 0.15) is 5.25 Å². The van der Waals surface area contributed by atoms with Gasteiger partial charge in [0, 0.05) is 23.7 Å². The smallest absolute Gasteiger partial charge is 0.100 e. The molecule has 11 heavy (non-hydrogen) atoms. The Kier molecular flexibility index (Phi) is 1.55. The zero-order valence-corrected chi connectivity index (χ0v) is 6.64. The van der Waals surface area contributed by atoms with Gasteiger partial charge in [-0.05, 0) is 11.6 Å². The molecule has 2 heterocycles. The lowest BCUT2D eigenvalue weighted by Gasteiger charge is -1.91. The molecule has 0 bridgehead atoms. The van der Waals surface area contributed by atoms with Crippen molar-refractivity contribution in [3.05, 3.63) is 24.0 Å². The van der Waals surface area contributed by atoms with E-state index in [9.17, 15) is 0 Å². The lowest BCUT2D eigenvalue weighted by molar-refractivity contribution is 1.02. The van der Waals surface area contributed by atoms with Gasteiger partial charge >= 0.3 is 0 Å². The molecule has 1 aromatic heterocycles. The third kappa shape index (κ3) is 1.10. The molecule has 2 rings (SSSR count). The zero-order chi connectivity index (χ0) is 7.68. The maximum atomic E-state index is 8.65. The average Bonchev–Trinajstić information content (AvgIpc) is 2.46. The van der Waals surface area contributed by atoms with Crippen LogP contribution in [0.5, 0.6) is 0 Å². The van der Waals surface area contributed by atoms with E-state index in [1.165, 1.54) is 10.5 Å². The summed E-state index contributed by atoms with van der Waals surface area (Å²) in [5.41, 5.74) is 1.21. The van der Waals surface area contributed by atoms with Gasteiger partial charge in [-0.25, -0.2) is 0 Å². The van der Waals surface area contributed by atoms with E-state index in [-0.39, 0.29) is 5.25 Å². The fourth-order valence-corrected chi connectivity index (χ4v) is 2.20. The highest BCUT2D eigenvalue weighted by Crippen LogP contribution is 2.35. The van der Waals surface area contributed by atoms with E-state index >= 15 is 0 Å². The van der Waals surface area contributed by atoms with Gasteiger partial charge in [-0.15, -0.1) is 11.8 Å². The van der Waals surface area contributed by atoms with Crippen LogP contribution >= 0.6 is 11.8 Å². The monoisotopic (exact) mass is 162 g/mol. The minimum Gasteiger partial charge on any atom is -0.264 e. The quantitative estimate of drug-likeness (QED) is 0.581. The second-order valence-corrected chi connectivity index (χ2v) is 3.67. The molecular weight excluding hydrogens is 156 g/mol. The molecule has 1 aliphatic heterocycles. The number of hydrogen-bond acceptors (Lipinski definition) is 3. The summed E-state index contributed by atoms with van der Waals surface area (Å²) in [6.45, 7) is 0. The highest BCUT2D eigenvalue weighted by molar-refractivity contribution is 8.00. The molecule has 1 unspecified atom stereocenters. The SMILES string of the molecule is N#CC1Cc2cnccc2S1. The maximum Gasteiger partial charge on any atom is 0.100 e. The van der Waals surface area contributed by atoms with Crippen LogP contribution in [0.25, 0.3) is 0 Å². The molecule has 1 atom stereocenters. The lowest BCUT2D eigenvalue weighted by atomic mass is 10.2. The molecule has 1 aliphatic rings. The second kappa shape index (κ2) is 2.55. The van der Waals surface area contributed by atoms with Gasteiger partial charge in [0.25, 0.3) is 0 Å². The summed E-state index contributed by atoms with van der Waals surface area (Å²) in [5, 5.41) is 8.75. The highest BCUT2D eigenvalue weighted by atomic mass is 32.2. The predicted molar refractivity (Wildman–Crippen MR) is 43.2 cm³/mol. The molecule has 1 aromatic rings. The summed E-state index contributed by atoms with van der Waals surface area (Å²) in [5.74, 6) is 0. The largest absolute Gasteiger partial charge is 0.264 e.